The molecule has 1 unspecified atom stereocenters. The van der Waals surface area contributed by atoms with E-state index >= 15 is 0 Å². The van der Waals surface area contributed by atoms with Gasteiger partial charge >= 0.3 is 0 Å². The highest BCUT2D eigenvalue weighted by Gasteiger charge is 2.36. The Kier molecular flexibility index (Phi) is 6.43. The maximum atomic E-state index is 12.3. The Morgan fingerprint density at radius 3 is 2.80 bits per heavy atom. The van der Waals surface area contributed by atoms with Crippen molar-refractivity contribution in [1.29, 1.82) is 0 Å². The monoisotopic (exact) mass is 367 g/mol. The van der Waals surface area contributed by atoms with Crippen molar-refractivity contribution in [1.82, 2.24) is 5.32 Å². The number of hydrogen-bond donors (Lipinski definition) is 3. The van der Waals surface area contributed by atoms with Crippen molar-refractivity contribution in [3.05, 3.63) is 29.3 Å². The molecule has 0 aliphatic carbocycles. The molecular formula is C18H26ClN3O3. The van der Waals surface area contributed by atoms with Gasteiger partial charge in [-0.15, -0.1) is 12.4 Å². The van der Waals surface area contributed by atoms with Crippen LogP contribution in [0.4, 0.5) is 5.69 Å². The number of aryl methyl sites for hydroxylation is 1. The van der Waals surface area contributed by atoms with Crippen LogP contribution in [0.2, 0.25) is 0 Å². The van der Waals surface area contributed by atoms with Gasteiger partial charge in [-0.3, -0.25) is 9.59 Å². The van der Waals surface area contributed by atoms with Crippen molar-refractivity contribution >= 4 is 29.9 Å². The minimum absolute atomic E-state index is 0. The molecule has 1 saturated heterocycles. The van der Waals surface area contributed by atoms with Crippen LogP contribution in [0.15, 0.2) is 18.2 Å². The van der Waals surface area contributed by atoms with Gasteiger partial charge in [-0.05, 0) is 42.9 Å². The lowest BCUT2D eigenvalue weighted by Gasteiger charge is -2.31. The van der Waals surface area contributed by atoms with Gasteiger partial charge in [-0.1, -0.05) is 19.1 Å². The summed E-state index contributed by atoms with van der Waals surface area (Å²) in [6.07, 6.45) is 2.57. The highest BCUT2D eigenvalue weighted by molar-refractivity contribution is 6.03. The number of nitrogens with two attached hydrogens (primary N) is 1. The Morgan fingerprint density at radius 2 is 2.12 bits per heavy atom. The lowest BCUT2D eigenvalue weighted by molar-refractivity contribution is -0.130. The summed E-state index contributed by atoms with van der Waals surface area (Å²) in [6, 6.07) is 6.08. The zero-order valence-corrected chi connectivity index (χ0v) is 15.3. The molecule has 1 fully saturated rings. The fraction of sp³-hybridized carbons (Fsp3) is 0.556. The van der Waals surface area contributed by atoms with Crippen LogP contribution in [0.3, 0.4) is 0 Å². The predicted molar refractivity (Wildman–Crippen MR) is 99.0 cm³/mol. The van der Waals surface area contributed by atoms with Gasteiger partial charge in [0.15, 0.2) is 0 Å². The van der Waals surface area contributed by atoms with E-state index in [0.29, 0.717) is 39.0 Å². The van der Waals surface area contributed by atoms with E-state index in [1.54, 1.807) is 0 Å². The molecule has 7 heteroatoms. The Hall–Kier alpha value is -1.63. The third kappa shape index (κ3) is 4.14. The molecule has 0 bridgehead atoms. The van der Waals surface area contributed by atoms with Crippen molar-refractivity contribution in [3.63, 3.8) is 0 Å². The summed E-state index contributed by atoms with van der Waals surface area (Å²) in [4.78, 5) is 24.5. The number of halogens is 1. The predicted octanol–water partition coefficient (Wildman–Crippen LogP) is 1.72. The van der Waals surface area contributed by atoms with Crippen molar-refractivity contribution in [2.24, 2.45) is 5.73 Å². The van der Waals surface area contributed by atoms with Crippen LogP contribution >= 0.6 is 12.4 Å². The molecule has 2 amide bonds. The number of carbonyl (C=O) groups excluding carboxylic acids is 2. The maximum Gasteiger partial charge on any atom is 0.240 e. The Balaban J connectivity index is 0.00000225. The number of ether oxygens (including phenoxy) is 1. The normalized spacial score (nSPS) is 21.0. The summed E-state index contributed by atoms with van der Waals surface area (Å²) in [6.45, 7) is 3.56. The van der Waals surface area contributed by atoms with Crippen LogP contribution in [0, 0.1) is 0 Å². The van der Waals surface area contributed by atoms with Crippen molar-refractivity contribution < 1.29 is 14.3 Å². The summed E-state index contributed by atoms with van der Waals surface area (Å²) < 4.78 is 5.26. The molecule has 6 nitrogen and oxygen atoms in total. The summed E-state index contributed by atoms with van der Waals surface area (Å²) in [5.41, 5.74) is 8.45. The second kappa shape index (κ2) is 8.17. The fourth-order valence-corrected chi connectivity index (χ4v) is 3.35. The first kappa shape index (κ1) is 19.7. The number of anilines is 1. The van der Waals surface area contributed by atoms with E-state index in [9.17, 15) is 9.59 Å². The van der Waals surface area contributed by atoms with Gasteiger partial charge in [0.05, 0.1) is 11.5 Å². The van der Waals surface area contributed by atoms with E-state index < -0.39 is 5.54 Å². The van der Waals surface area contributed by atoms with E-state index in [4.69, 9.17) is 10.5 Å². The molecule has 1 aromatic rings. The average molecular weight is 368 g/mol. The van der Waals surface area contributed by atoms with Crippen LogP contribution in [0.1, 0.15) is 43.2 Å². The van der Waals surface area contributed by atoms with E-state index in [2.05, 4.69) is 23.6 Å². The number of nitrogens with one attached hydrogen (secondary N) is 2. The van der Waals surface area contributed by atoms with Gasteiger partial charge in [-0.2, -0.15) is 0 Å². The van der Waals surface area contributed by atoms with Crippen molar-refractivity contribution in [2.75, 3.05) is 25.1 Å². The van der Waals surface area contributed by atoms with Crippen LogP contribution in [0.5, 0.6) is 0 Å². The minimum Gasteiger partial charge on any atom is -0.381 e. The SMILES string of the molecule is CCc1ccc2c(c1)C(CCNC(=O)C1(N)CCOCC1)C(=O)N2.Cl. The third-order valence-corrected chi connectivity index (χ3v) is 5.03. The highest BCUT2D eigenvalue weighted by Crippen LogP contribution is 2.35. The fourth-order valence-electron chi connectivity index (χ4n) is 3.35. The molecule has 4 N–H and O–H groups in total. The topological polar surface area (TPSA) is 93.5 Å². The molecule has 2 aliphatic heterocycles. The summed E-state index contributed by atoms with van der Waals surface area (Å²) >= 11 is 0. The Labute approximate surface area is 154 Å². The van der Waals surface area contributed by atoms with Gasteiger partial charge in [0.1, 0.15) is 0 Å². The van der Waals surface area contributed by atoms with Crippen LogP contribution < -0.4 is 16.4 Å². The third-order valence-electron chi connectivity index (χ3n) is 5.03. The molecule has 2 aliphatic rings. The van der Waals surface area contributed by atoms with E-state index in [1.807, 2.05) is 12.1 Å². The minimum atomic E-state index is -0.844. The van der Waals surface area contributed by atoms with Gasteiger partial charge < -0.3 is 21.1 Å². The van der Waals surface area contributed by atoms with Gasteiger partial charge in [0, 0.05) is 25.4 Å². The first-order chi connectivity index (χ1) is 11.5. The van der Waals surface area contributed by atoms with Crippen molar-refractivity contribution in [3.8, 4) is 0 Å². The largest absolute Gasteiger partial charge is 0.381 e. The first-order valence-electron chi connectivity index (χ1n) is 8.62. The molecule has 0 saturated carbocycles. The summed E-state index contributed by atoms with van der Waals surface area (Å²) in [7, 11) is 0. The van der Waals surface area contributed by atoms with Crippen LogP contribution in [-0.4, -0.2) is 37.1 Å². The van der Waals surface area contributed by atoms with Crippen molar-refractivity contribution in [2.45, 2.75) is 44.1 Å². The molecule has 25 heavy (non-hydrogen) atoms. The lowest BCUT2D eigenvalue weighted by Crippen LogP contribution is -2.57. The highest BCUT2D eigenvalue weighted by atomic mass is 35.5. The quantitative estimate of drug-likeness (QED) is 0.738. The Morgan fingerprint density at radius 1 is 1.40 bits per heavy atom. The number of hydrogen-bond acceptors (Lipinski definition) is 4. The average Bonchev–Trinajstić information content (AvgIpc) is 2.90. The molecule has 0 spiro atoms. The summed E-state index contributed by atoms with van der Waals surface area (Å²) in [5.74, 6) is -0.358. The van der Waals surface area contributed by atoms with E-state index in [0.717, 1.165) is 17.7 Å². The maximum absolute atomic E-state index is 12.3. The first-order valence-corrected chi connectivity index (χ1v) is 8.62. The zero-order chi connectivity index (χ0) is 17.2. The molecule has 1 aromatic carbocycles. The molecule has 2 heterocycles. The van der Waals surface area contributed by atoms with Gasteiger partial charge in [0.25, 0.3) is 0 Å². The van der Waals surface area contributed by atoms with Crippen LogP contribution in [0.25, 0.3) is 0 Å². The number of fused-ring (bicyclic) bond motifs is 1. The zero-order valence-electron chi connectivity index (χ0n) is 14.5. The van der Waals surface area contributed by atoms with Gasteiger partial charge in [-0.25, -0.2) is 0 Å². The molecule has 0 radical (unpaired) electrons. The molecule has 1 atom stereocenters. The second-order valence-corrected chi connectivity index (χ2v) is 6.63. The number of benzene rings is 1. The second-order valence-electron chi connectivity index (χ2n) is 6.63. The smallest absolute Gasteiger partial charge is 0.240 e. The van der Waals surface area contributed by atoms with E-state index in [-0.39, 0.29) is 30.1 Å². The standard InChI is InChI=1S/C18H25N3O3.ClH/c1-2-12-3-4-15-14(11-12)13(16(22)21-15)5-8-20-17(23)18(19)6-9-24-10-7-18;/h3-4,11,13H,2,5-10,19H2,1H3,(H,20,23)(H,21,22);1H. The number of carbonyl (C=O) groups is 2. The molecule has 0 aromatic heterocycles. The number of amides is 2. The summed E-state index contributed by atoms with van der Waals surface area (Å²) in [5, 5.41) is 5.82. The molecule has 3 rings (SSSR count). The Bertz CT molecular complexity index is 644. The molecule has 138 valence electrons. The number of rotatable bonds is 5. The van der Waals surface area contributed by atoms with E-state index in [1.165, 1.54) is 5.56 Å². The molecular weight excluding hydrogens is 342 g/mol. The van der Waals surface area contributed by atoms with Crippen LogP contribution in [-0.2, 0) is 20.7 Å². The van der Waals surface area contributed by atoms with Gasteiger partial charge in [0.2, 0.25) is 11.8 Å². The lowest BCUT2D eigenvalue weighted by atomic mass is 9.90.